The van der Waals surface area contributed by atoms with Crippen molar-refractivity contribution in [3.63, 3.8) is 0 Å². The van der Waals surface area contributed by atoms with Crippen LogP contribution in [0.4, 0.5) is 11.4 Å². The number of nitro groups is 1. The minimum atomic E-state index is -0.486. The van der Waals surface area contributed by atoms with Gasteiger partial charge in [0.2, 0.25) is 5.52 Å². The summed E-state index contributed by atoms with van der Waals surface area (Å²) in [6.45, 7) is 0.630. The number of hydrogen-bond donors (Lipinski definition) is 2. The number of non-ortho nitro benzene ring substituents is 1. The lowest BCUT2D eigenvalue weighted by molar-refractivity contribution is -0.383. The Kier molecular flexibility index (Phi) is 3.70. The molecular formula is C13H17N5O3. The van der Waals surface area contributed by atoms with Gasteiger partial charge in [-0.05, 0) is 41.7 Å². The molecule has 2 unspecified atom stereocenters. The van der Waals surface area contributed by atoms with Gasteiger partial charge >= 0.3 is 5.69 Å². The summed E-state index contributed by atoms with van der Waals surface area (Å²) in [7, 11) is 0. The highest BCUT2D eigenvalue weighted by atomic mass is 16.6. The quantitative estimate of drug-likeness (QED) is 0.653. The fourth-order valence-electron chi connectivity index (χ4n) is 3.00. The third-order valence-corrected chi connectivity index (χ3v) is 4.14. The minimum absolute atomic E-state index is 0.101. The summed E-state index contributed by atoms with van der Waals surface area (Å²) < 4.78 is 4.67. The number of benzene rings is 1. The van der Waals surface area contributed by atoms with Crippen molar-refractivity contribution in [1.29, 1.82) is 0 Å². The molecule has 3 rings (SSSR count). The van der Waals surface area contributed by atoms with Gasteiger partial charge in [-0.25, -0.2) is 4.63 Å². The van der Waals surface area contributed by atoms with Gasteiger partial charge in [0.05, 0.1) is 10.6 Å². The zero-order valence-corrected chi connectivity index (χ0v) is 11.5. The monoisotopic (exact) mass is 291 g/mol. The van der Waals surface area contributed by atoms with Crippen molar-refractivity contribution < 1.29 is 9.55 Å². The molecule has 0 aliphatic heterocycles. The molecule has 112 valence electrons. The van der Waals surface area contributed by atoms with E-state index in [-0.39, 0.29) is 17.2 Å². The molecule has 0 saturated heterocycles. The highest BCUT2D eigenvalue weighted by Gasteiger charge is 2.26. The second kappa shape index (κ2) is 5.65. The van der Waals surface area contributed by atoms with Crippen LogP contribution in [0.5, 0.6) is 0 Å². The predicted octanol–water partition coefficient (Wildman–Crippen LogP) is 2.06. The first kappa shape index (κ1) is 13.7. The molecule has 1 aromatic heterocycles. The van der Waals surface area contributed by atoms with Crippen LogP contribution in [0.3, 0.4) is 0 Å². The van der Waals surface area contributed by atoms with Crippen molar-refractivity contribution in [1.82, 2.24) is 10.3 Å². The molecule has 2 aromatic rings. The average Bonchev–Trinajstić information content (AvgIpc) is 2.97. The van der Waals surface area contributed by atoms with E-state index in [4.69, 9.17) is 5.73 Å². The van der Waals surface area contributed by atoms with E-state index in [0.717, 1.165) is 19.3 Å². The first-order valence-corrected chi connectivity index (χ1v) is 7.07. The van der Waals surface area contributed by atoms with Gasteiger partial charge in [0.1, 0.15) is 0 Å². The lowest BCUT2D eigenvalue weighted by Crippen LogP contribution is -2.36. The van der Waals surface area contributed by atoms with Crippen molar-refractivity contribution in [3.8, 4) is 0 Å². The highest BCUT2D eigenvalue weighted by Crippen LogP contribution is 2.32. The van der Waals surface area contributed by atoms with Crippen molar-refractivity contribution in [3.05, 3.63) is 22.2 Å². The second-order valence-corrected chi connectivity index (χ2v) is 5.38. The predicted molar refractivity (Wildman–Crippen MR) is 76.9 cm³/mol. The van der Waals surface area contributed by atoms with Crippen LogP contribution in [0.2, 0.25) is 0 Å². The van der Waals surface area contributed by atoms with E-state index in [0.29, 0.717) is 23.7 Å². The third-order valence-electron chi connectivity index (χ3n) is 4.14. The van der Waals surface area contributed by atoms with Crippen LogP contribution < -0.4 is 11.1 Å². The molecule has 1 fully saturated rings. The Morgan fingerprint density at radius 2 is 2.10 bits per heavy atom. The third kappa shape index (κ3) is 2.54. The summed E-state index contributed by atoms with van der Waals surface area (Å²) in [6, 6.07) is 3.34. The standard InChI is InChI=1S/C13H17N5O3/c14-7-8-3-1-2-4-9(8)15-10-5-6-11(18(19)20)13-12(10)16-21-17-13/h5-6,8-9,15H,1-4,7,14H2. The molecule has 1 aliphatic carbocycles. The number of rotatable bonds is 4. The van der Waals surface area contributed by atoms with E-state index < -0.39 is 4.92 Å². The van der Waals surface area contributed by atoms with Crippen LogP contribution in [0, 0.1) is 16.0 Å². The molecule has 3 N–H and O–H groups in total. The van der Waals surface area contributed by atoms with Gasteiger partial charge in [-0.15, -0.1) is 0 Å². The first-order chi connectivity index (χ1) is 10.2. The van der Waals surface area contributed by atoms with Crippen LogP contribution in [-0.4, -0.2) is 27.8 Å². The number of nitrogens with two attached hydrogens (primary N) is 1. The maximum atomic E-state index is 11.0. The Balaban J connectivity index is 1.92. The fraction of sp³-hybridized carbons (Fsp3) is 0.538. The Bertz CT molecular complexity index is 656. The Morgan fingerprint density at radius 3 is 2.86 bits per heavy atom. The van der Waals surface area contributed by atoms with Gasteiger partial charge in [-0.3, -0.25) is 10.1 Å². The number of nitrogens with one attached hydrogen (secondary N) is 1. The molecule has 1 aliphatic rings. The number of nitro benzene ring substituents is 1. The van der Waals surface area contributed by atoms with E-state index in [9.17, 15) is 10.1 Å². The van der Waals surface area contributed by atoms with Gasteiger partial charge < -0.3 is 11.1 Å². The summed E-state index contributed by atoms with van der Waals surface area (Å²) in [4.78, 5) is 10.5. The van der Waals surface area contributed by atoms with Crippen molar-refractivity contribution in [2.24, 2.45) is 11.7 Å². The summed E-state index contributed by atoms with van der Waals surface area (Å²) in [6.07, 6.45) is 4.48. The number of hydrogen-bond acceptors (Lipinski definition) is 7. The molecule has 1 saturated carbocycles. The Labute approximate surface area is 120 Å². The summed E-state index contributed by atoms with van der Waals surface area (Å²) in [5.74, 6) is 0.406. The Morgan fingerprint density at radius 1 is 1.33 bits per heavy atom. The highest BCUT2D eigenvalue weighted by molar-refractivity contribution is 5.93. The molecule has 0 bridgehead atoms. The maximum absolute atomic E-state index is 11.0. The van der Waals surface area contributed by atoms with Crippen molar-refractivity contribution in [2.75, 3.05) is 11.9 Å². The number of fused-ring (bicyclic) bond motifs is 1. The van der Waals surface area contributed by atoms with E-state index in [1.807, 2.05) is 0 Å². The Hall–Kier alpha value is -2.22. The summed E-state index contributed by atoms with van der Waals surface area (Å²) in [5, 5.41) is 21.8. The molecule has 0 amide bonds. The zero-order valence-electron chi connectivity index (χ0n) is 11.5. The number of nitrogens with zero attached hydrogens (tertiary/aromatic N) is 3. The van der Waals surface area contributed by atoms with Gasteiger partial charge in [0.25, 0.3) is 0 Å². The summed E-state index contributed by atoms with van der Waals surface area (Å²) >= 11 is 0. The van der Waals surface area contributed by atoms with E-state index >= 15 is 0 Å². The largest absolute Gasteiger partial charge is 0.380 e. The molecule has 1 aromatic carbocycles. The molecule has 1 heterocycles. The van der Waals surface area contributed by atoms with Crippen molar-refractivity contribution >= 4 is 22.4 Å². The lowest BCUT2D eigenvalue weighted by atomic mass is 9.84. The smallest absolute Gasteiger partial charge is 0.300 e. The van der Waals surface area contributed by atoms with Gasteiger partial charge in [-0.2, -0.15) is 0 Å². The van der Waals surface area contributed by atoms with Crippen LogP contribution in [0.25, 0.3) is 11.0 Å². The average molecular weight is 291 g/mol. The number of aromatic nitrogens is 2. The van der Waals surface area contributed by atoms with E-state index in [1.165, 1.54) is 12.5 Å². The summed E-state index contributed by atoms with van der Waals surface area (Å²) in [5.41, 5.74) is 7.00. The molecule has 8 heteroatoms. The van der Waals surface area contributed by atoms with E-state index in [1.54, 1.807) is 6.07 Å². The lowest BCUT2D eigenvalue weighted by Gasteiger charge is -2.32. The topological polar surface area (TPSA) is 120 Å². The van der Waals surface area contributed by atoms with Crippen LogP contribution >= 0.6 is 0 Å². The SMILES string of the molecule is NCC1CCCCC1Nc1ccc([N+](=O)[O-])c2nonc12. The van der Waals surface area contributed by atoms with Crippen LogP contribution in [-0.2, 0) is 0 Å². The second-order valence-electron chi connectivity index (χ2n) is 5.38. The molecule has 0 radical (unpaired) electrons. The molecule has 21 heavy (non-hydrogen) atoms. The number of anilines is 1. The maximum Gasteiger partial charge on any atom is 0.300 e. The van der Waals surface area contributed by atoms with Gasteiger partial charge in [0, 0.05) is 12.1 Å². The molecule has 8 nitrogen and oxygen atoms in total. The van der Waals surface area contributed by atoms with Crippen LogP contribution in [0.15, 0.2) is 16.8 Å². The van der Waals surface area contributed by atoms with Crippen molar-refractivity contribution in [2.45, 2.75) is 31.7 Å². The van der Waals surface area contributed by atoms with Crippen LogP contribution in [0.1, 0.15) is 25.7 Å². The normalized spacial score (nSPS) is 22.3. The fourth-order valence-corrected chi connectivity index (χ4v) is 3.00. The molecule has 2 atom stereocenters. The van der Waals surface area contributed by atoms with E-state index in [2.05, 4.69) is 20.3 Å². The zero-order chi connectivity index (χ0) is 14.8. The first-order valence-electron chi connectivity index (χ1n) is 7.07. The van der Waals surface area contributed by atoms with Gasteiger partial charge in [0.15, 0.2) is 5.52 Å². The molecular weight excluding hydrogens is 274 g/mol. The minimum Gasteiger partial charge on any atom is -0.380 e. The molecule has 0 spiro atoms. The van der Waals surface area contributed by atoms with Gasteiger partial charge in [-0.1, -0.05) is 12.8 Å².